The monoisotopic (exact) mass is 485 g/mol. The van der Waals surface area contributed by atoms with Gasteiger partial charge in [0.05, 0.1) is 23.4 Å². The topological polar surface area (TPSA) is 45.7 Å². The number of aromatic nitrogens is 1. The van der Waals surface area contributed by atoms with Crippen LogP contribution in [0.25, 0.3) is 21.0 Å². The molecule has 8 heteroatoms. The molecule has 4 aromatic rings. The number of ether oxygens (including phenoxy) is 1. The van der Waals surface area contributed by atoms with Crippen LogP contribution in [0.2, 0.25) is 0 Å². The third kappa shape index (κ3) is 5.17. The fourth-order valence-electron chi connectivity index (χ4n) is 4.12. The van der Waals surface area contributed by atoms with Gasteiger partial charge in [-0.3, -0.25) is 14.6 Å². The van der Waals surface area contributed by atoms with Gasteiger partial charge in [0.1, 0.15) is 5.82 Å². The molecule has 5 rings (SSSR count). The molecule has 2 heterocycles. The molecule has 1 aliphatic heterocycles. The molecular weight excluding hydrogens is 461 g/mol. The van der Waals surface area contributed by atoms with Crippen LogP contribution >= 0.6 is 23.7 Å². The average molecular weight is 486 g/mol. The third-order valence-electron chi connectivity index (χ3n) is 5.80. The van der Waals surface area contributed by atoms with Crippen LogP contribution in [0.1, 0.15) is 16.8 Å². The summed E-state index contributed by atoms with van der Waals surface area (Å²) >= 11 is 1.35. The first-order chi connectivity index (χ1) is 15.7. The fraction of sp³-hybridized carbons (Fsp3) is 0.280. The predicted octanol–water partition coefficient (Wildman–Crippen LogP) is 5.38. The maximum atomic E-state index is 13.8. The van der Waals surface area contributed by atoms with Crippen LogP contribution in [-0.4, -0.2) is 55.2 Å². The van der Waals surface area contributed by atoms with E-state index in [1.54, 1.807) is 11.0 Å². The van der Waals surface area contributed by atoms with Gasteiger partial charge >= 0.3 is 0 Å². The first-order valence-electron chi connectivity index (χ1n) is 10.8. The fourth-order valence-corrected chi connectivity index (χ4v) is 5.14. The Hall–Kier alpha value is -2.58. The number of benzene rings is 3. The van der Waals surface area contributed by atoms with E-state index in [9.17, 15) is 9.18 Å². The quantitative estimate of drug-likeness (QED) is 0.368. The minimum absolute atomic E-state index is 0. The summed E-state index contributed by atoms with van der Waals surface area (Å²) in [7, 11) is 0. The van der Waals surface area contributed by atoms with E-state index in [1.807, 2.05) is 42.5 Å². The Bertz CT molecular complexity index is 1250. The molecule has 0 saturated carbocycles. The van der Waals surface area contributed by atoms with Crippen LogP contribution in [-0.2, 0) is 4.74 Å². The maximum absolute atomic E-state index is 13.8. The van der Waals surface area contributed by atoms with Gasteiger partial charge in [-0.05, 0) is 41.5 Å². The maximum Gasteiger partial charge on any atom is 0.260 e. The van der Waals surface area contributed by atoms with Gasteiger partial charge in [-0.1, -0.05) is 47.7 Å². The molecule has 0 atom stereocenters. The van der Waals surface area contributed by atoms with Crippen molar-refractivity contribution in [3.05, 3.63) is 72.0 Å². The molecule has 172 valence electrons. The molecule has 0 radical (unpaired) electrons. The van der Waals surface area contributed by atoms with Crippen LogP contribution in [0, 0.1) is 5.82 Å². The van der Waals surface area contributed by atoms with Gasteiger partial charge in [-0.25, -0.2) is 9.37 Å². The lowest BCUT2D eigenvalue weighted by Crippen LogP contribution is -2.39. The van der Waals surface area contributed by atoms with Crippen molar-refractivity contribution >= 4 is 55.8 Å². The highest BCUT2D eigenvalue weighted by Gasteiger charge is 2.23. The Morgan fingerprint density at radius 3 is 2.73 bits per heavy atom. The van der Waals surface area contributed by atoms with E-state index in [4.69, 9.17) is 4.74 Å². The Morgan fingerprint density at radius 2 is 1.88 bits per heavy atom. The summed E-state index contributed by atoms with van der Waals surface area (Å²) in [5, 5.41) is 2.55. The van der Waals surface area contributed by atoms with E-state index in [-0.39, 0.29) is 24.1 Å². The molecule has 0 unspecified atom stereocenters. The largest absolute Gasteiger partial charge is 0.379 e. The lowest BCUT2D eigenvalue weighted by Gasteiger charge is -2.28. The number of thiazole rings is 1. The number of carbonyl (C=O) groups is 1. The highest BCUT2D eigenvalue weighted by atomic mass is 35.5. The molecule has 1 aliphatic rings. The number of amides is 1. The number of halogens is 2. The second kappa shape index (κ2) is 10.6. The van der Waals surface area contributed by atoms with E-state index in [2.05, 4.69) is 9.88 Å². The van der Waals surface area contributed by atoms with Crippen LogP contribution in [0.15, 0.2) is 60.7 Å². The van der Waals surface area contributed by atoms with E-state index in [1.165, 1.54) is 23.5 Å². The van der Waals surface area contributed by atoms with Crippen molar-refractivity contribution in [3.63, 3.8) is 0 Å². The van der Waals surface area contributed by atoms with Crippen molar-refractivity contribution in [1.29, 1.82) is 0 Å². The zero-order valence-electron chi connectivity index (χ0n) is 18.1. The molecule has 0 bridgehead atoms. The van der Waals surface area contributed by atoms with Crippen molar-refractivity contribution in [2.24, 2.45) is 0 Å². The Balaban J connectivity index is 0.00000259. The van der Waals surface area contributed by atoms with E-state index in [0.29, 0.717) is 22.8 Å². The molecule has 0 N–H and O–H groups in total. The van der Waals surface area contributed by atoms with Gasteiger partial charge in [0.25, 0.3) is 5.91 Å². The molecule has 1 fully saturated rings. The normalized spacial score (nSPS) is 14.3. The van der Waals surface area contributed by atoms with Crippen molar-refractivity contribution in [2.45, 2.75) is 6.42 Å². The molecule has 3 aromatic carbocycles. The highest BCUT2D eigenvalue weighted by Crippen LogP contribution is 2.31. The third-order valence-corrected chi connectivity index (χ3v) is 6.84. The van der Waals surface area contributed by atoms with Crippen molar-refractivity contribution in [1.82, 2.24) is 9.88 Å². The number of hydrogen-bond donors (Lipinski definition) is 0. The number of morpholine rings is 1. The smallest absolute Gasteiger partial charge is 0.260 e. The first-order valence-corrected chi connectivity index (χ1v) is 11.7. The highest BCUT2D eigenvalue weighted by molar-refractivity contribution is 7.22. The number of rotatable bonds is 6. The summed E-state index contributed by atoms with van der Waals surface area (Å²) in [5.41, 5.74) is 1.36. The Labute approximate surface area is 202 Å². The first kappa shape index (κ1) is 23.6. The summed E-state index contributed by atoms with van der Waals surface area (Å²) < 4.78 is 19.9. The van der Waals surface area contributed by atoms with Crippen molar-refractivity contribution < 1.29 is 13.9 Å². The zero-order valence-corrected chi connectivity index (χ0v) is 19.7. The molecule has 1 amide bonds. The molecule has 1 aromatic heterocycles. The number of hydrogen-bond acceptors (Lipinski definition) is 5. The number of carbonyl (C=O) groups excluding carboxylic acids is 1. The van der Waals surface area contributed by atoms with Gasteiger partial charge in [-0.2, -0.15) is 0 Å². The van der Waals surface area contributed by atoms with Crippen molar-refractivity contribution in [2.75, 3.05) is 44.3 Å². The predicted molar refractivity (Wildman–Crippen MR) is 134 cm³/mol. The summed E-state index contributed by atoms with van der Waals surface area (Å²) in [6, 6.07) is 18.2. The van der Waals surface area contributed by atoms with Gasteiger partial charge in [0, 0.05) is 31.7 Å². The summed E-state index contributed by atoms with van der Waals surface area (Å²) in [5.74, 6) is -0.379. The summed E-state index contributed by atoms with van der Waals surface area (Å²) in [6.45, 7) is 4.77. The van der Waals surface area contributed by atoms with Crippen LogP contribution in [0.3, 0.4) is 0 Å². The second-order valence-electron chi connectivity index (χ2n) is 7.90. The number of fused-ring (bicyclic) bond motifs is 2. The molecule has 1 saturated heterocycles. The van der Waals surface area contributed by atoms with E-state index in [0.717, 1.165) is 54.7 Å². The molecule has 33 heavy (non-hydrogen) atoms. The lowest BCUT2D eigenvalue weighted by molar-refractivity contribution is 0.0376. The van der Waals surface area contributed by atoms with E-state index >= 15 is 0 Å². The molecular formula is C25H25ClFN3O2S. The molecule has 5 nitrogen and oxygen atoms in total. The Morgan fingerprint density at radius 1 is 1.09 bits per heavy atom. The SMILES string of the molecule is Cl.O=C(c1cccc2ccccc12)N(CCCN1CCOCC1)c1nc2ccc(F)cc2s1. The summed E-state index contributed by atoms with van der Waals surface area (Å²) in [6.07, 6.45) is 0.820. The van der Waals surface area contributed by atoms with Gasteiger partial charge in [0.15, 0.2) is 5.13 Å². The van der Waals surface area contributed by atoms with Gasteiger partial charge in [-0.15, -0.1) is 12.4 Å². The minimum Gasteiger partial charge on any atom is -0.379 e. The zero-order chi connectivity index (χ0) is 21.9. The van der Waals surface area contributed by atoms with Gasteiger partial charge < -0.3 is 4.74 Å². The molecule has 0 spiro atoms. The summed E-state index contributed by atoms with van der Waals surface area (Å²) in [4.78, 5) is 22.6. The van der Waals surface area contributed by atoms with Crippen LogP contribution in [0.5, 0.6) is 0 Å². The standard InChI is InChI=1S/C25H24FN3O2S.ClH/c26-19-9-10-22-23(17-19)32-25(27-22)29(12-4-11-28-13-15-31-16-14-28)24(30)21-8-3-6-18-5-1-2-7-20(18)21;/h1-3,5-10,17H,4,11-16H2;1H. The number of anilines is 1. The van der Waals surface area contributed by atoms with Crippen LogP contribution in [0.4, 0.5) is 9.52 Å². The second-order valence-corrected chi connectivity index (χ2v) is 8.91. The van der Waals surface area contributed by atoms with Crippen molar-refractivity contribution in [3.8, 4) is 0 Å². The van der Waals surface area contributed by atoms with Crippen LogP contribution < -0.4 is 4.90 Å². The minimum atomic E-state index is -0.299. The Kier molecular flexibility index (Phi) is 7.55. The number of nitrogens with zero attached hydrogens (tertiary/aromatic N) is 3. The van der Waals surface area contributed by atoms with Gasteiger partial charge in [0.2, 0.25) is 0 Å². The average Bonchev–Trinajstić information content (AvgIpc) is 3.24. The van der Waals surface area contributed by atoms with E-state index < -0.39 is 0 Å². The lowest BCUT2D eigenvalue weighted by atomic mass is 10.0. The molecule has 0 aliphatic carbocycles.